The molecule has 0 radical (unpaired) electrons. The van der Waals surface area contributed by atoms with Crippen LogP contribution in [0.15, 0.2) is 35.2 Å². The minimum Gasteiger partial charge on any atom is -0.368 e. The van der Waals surface area contributed by atoms with Crippen LogP contribution in [0.1, 0.15) is 25.0 Å². The van der Waals surface area contributed by atoms with Gasteiger partial charge in [0.2, 0.25) is 5.91 Å². The number of benzene rings is 1. The number of anilines is 1. The summed E-state index contributed by atoms with van der Waals surface area (Å²) < 4.78 is 0. The molecule has 1 aliphatic heterocycles. The van der Waals surface area contributed by atoms with Gasteiger partial charge in [0.25, 0.3) is 0 Å². The van der Waals surface area contributed by atoms with Gasteiger partial charge >= 0.3 is 0 Å². The van der Waals surface area contributed by atoms with Gasteiger partial charge in [-0.3, -0.25) is 4.79 Å². The molecule has 0 spiro atoms. The minimum atomic E-state index is 0.101. The van der Waals surface area contributed by atoms with Crippen LogP contribution >= 0.6 is 22.9 Å². The molecule has 0 unspecified atom stereocenters. The highest BCUT2D eigenvalue weighted by Crippen LogP contribution is 2.27. The highest BCUT2D eigenvalue weighted by atomic mass is 35.5. The first-order chi connectivity index (χ1) is 11.2. The van der Waals surface area contributed by atoms with E-state index in [1.807, 2.05) is 29.6 Å². The summed E-state index contributed by atoms with van der Waals surface area (Å²) in [4.78, 5) is 18.6. The van der Waals surface area contributed by atoms with Crippen molar-refractivity contribution >= 4 is 34.5 Å². The number of carbonyl (C=O) groups is 1. The molecule has 1 aliphatic rings. The van der Waals surface area contributed by atoms with Crippen molar-refractivity contribution in [2.45, 2.75) is 31.7 Å². The molecule has 3 rings (SSSR count). The number of aryl methyl sites for hydroxylation is 1. The number of halogens is 1. The number of piperidine rings is 1. The van der Waals surface area contributed by atoms with Crippen LogP contribution in [-0.4, -0.2) is 30.0 Å². The fourth-order valence-electron chi connectivity index (χ4n) is 2.92. The van der Waals surface area contributed by atoms with Crippen molar-refractivity contribution in [3.63, 3.8) is 0 Å². The minimum absolute atomic E-state index is 0.101. The second-order valence-corrected chi connectivity index (χ2v) is 6.91. The van der Waals surface area contributed by atoms with E-state index in [-0.39, 0.29) is 11.9 Å². The lowest BCUT2D eigenvalue weighted by Crippen LogP contribution is -2.48. The maximum atomic E-state index is 12.1. The second kappa shape index (κ2) is 7.79. The summed E-state index contributed by atoms with van der Waals surface area (Å²) in [5.74, 6) is 0.101. The molecule has 4 nitrogen and oxygen atoms in total. The van der Waals surface area contributed by atoms with E-state index < -0.39 is 0 Å². The zero-order valence-electron chi connectivity index (χ0n) is 12.9. The molecule has 23 heavy (non-hydrogen) atoms. The molecule has 1 saturated heterocycles. The number of rotatable bonds is 5. The molecule has 122 valence electrons. The Labute approximate surface area is 145 Å². The quantitative estimate of drug-likeness (QED) is 0.898. The first-order valence-corrected chi connectivity index (χ1v) is 9.20. The lowest BCUT2D eigenvalue weighted by atomic mass is 10.0. The van der Waals surface area contributed by atoms with E-state index >= 15 is 0 Å². The van der Waals surface area contributed by atoms with Crippen molar-refractivity contribution in [2.75, 3.05) is 18.0 Å². The summed E-state index contributed by atoms with van der Waals surface area (Å²) in [5, 5.41) is 5.91. The van der Waals surface area contributed by atoms with Crippen molar-refractivity contribution in [3.05, 3.63) is 45.9 Å². The second-order valence-electron chi connectivity index (χ2n) is 5.78. The van der Waals surface area contributed by atoms with Gasteiger partial charge in [-0.15, -0.1) is 11.3 Å². The van der Waals surface area contributed by atoms with Gasteiger partial charge in [0.05, 0.1) is 21.9 Å². The Kier molecular flexibility index (Phi) is 5.51. The van der Waals surface area contributed by atoms with E-state index in [1.165, 1.54) is 0 Å². The Morgan fingerprint density at radius 3 is 3.09 bits per heavy atom. The molecule has 2 heterocycles. The standard InChI is InChI=1S/C17H20ClN3OS/c18-15-5-1-2-6-16(15)21-9-3-4-13(10-21)20-17(22)8-7-14-11-23-12-19-14/h1-2,5-6,11-13H,3-4,7-10H2,(H,20,22)/t13-/m0/s1. The molecule has 1 N–H and O–H groups in total. The lowest BCUT2D eigenvalue weighted by molar-refractivity contribution is -0.121. The highest BCUT2D eigenvalue weighted by Gasteiger charge is 2.22. The number of amides is 1. The number of hydrogen-bond acceptors (Lipinski definition) is 4. The molecular weight excluding hydrogens is 330 g/mol. The summed E-state index contributed by atoms with van der Waals surface area (Å²) in [6, 6.07) is 8.06. The van der Waals surface area contributed by atoms with Gasteiger partial charge in [0, 0.05) is 30.9 Å². The molecule has 0 bridgehead atoms. The monoisotopic (exact) mass is 349 g/mol. The summed E-state index contributed by atoms with van der Waals surface area (Å²) in [6.07, 6.45) is 3.27. The smallest absolute Gasteiger partial charge is 0.220 e. The van der Waals surface area contributed by atoms with E-state index in [2.05, 4.69) is 15.2 Å². The third-order valence-corrected chi connectivity index (χ3v) is 5.03. The van der Waals surface area contributed by atoms with Crippen molar-refractivity contribution in [3.8, 4) is 0 Å². The zero-order chi connectivity index (χ0) is 16.1. The van der Waals surface area contributed by atoms with Gasteiger partial charge in [0.1, 0.15) is 0 Å². The predicted molar refractivity (Wildman–Crippen MR) is 95.3 cm³/mol. The first-order valence-electron chi connectivity index (χ1n) is 7.88. The van der Waals surface area contributed by atoms with Gasteiger partial charge in [-0.1, -0.05) is 23.7 Å². The van der Waals surface area contributed by atoms with Crippen LogP contribution in [0, 0.1) is 0 Å². The van der Waals surface area contributed by atoms with Crippen LogP contribution in [-0.2, 0) is 11.2 Å². The van der Waals surface area contributed by atoms with Crippen molar-refractivity contribution in [1.29, 1.82) is 0 Å². The van der Waals surface area contributed by atoms with E-state index in [4.69, 9.17) is 11.6 Å². The fraction of sp³-hybridized carbons (Fsp3) is 0.412. The van der Waals surface area contributed by atoms with Crippen LogP contribution in [0.4, 0.5) is 5.69 Å². The molecule has 6 heteroatoms. The fourth-order valence-corrected chi connectivity index (χ4v) is 3.77. The van der Waals surface area contributed by atoms with Gasteiger partial charge in [-0.05, 0) is 31.4 Å². The van der Waals surface area contributed by atoms with Crippen LogP contribution < -0.4 is 10.2 Å². The number of hydrogen-bond donors (Lipinski definition) is 1. The molecule has 1 aromatic heterocycles. The van der Waals surface area contributed by atoms with Gasteiger partial charge in [-0.25, -0.2) is 4.98 Å². The average molecular weight is 350 g/mol. The zero-order valence-corrected chi connectivity index (χ0v) is 14.4. The Hall–Kier alpha value is -1.59. The molecule has 1 aromatic carbocycles. The molecular formula is C17H20ClN3OS. The number of nitrogens with zero attached hydrogens (tertiary/aromatic N) is 2. The number of nitrogens with one attached hydrogen (secondary N) is 1. The highest BCUT2D eigenvalue weighted by molar-refractivity contribution is 7.07. The maximum Gasteiger partial charge on any atom is 0.220 e. The average Bonchev–Trinajstić information content (AvgIpc) is 3.07. The van der Waals surface area contributed by atoms with Gasteiger partial charge in [-0.2, -0.15) is 0 Å². The first kappa shape index (κ1) is 16.3. The normalized spacial score (nSPS) is 18.0. The van der Waals surface area contributed by atoms with Gasteiger partial charge < -0.3 is 10.2 Å². The van der Waals surface area contributed by atoms with E-state index in [0.717, 1.165) is 42.3 Å². The lowest BCUT2D eigenvalue weighted by Gasteiger charge is -2.35. The summed E-state index contributed by atoms with van der Waals surface area (Å²) in [5.41, 5.74) is 3.85. The van der Waals surface area contributed by atoms with Crippen molar-refractivity contribution in [1.82, 2.24) is 10.3 Å². The number of carbonyl (C=O) groups excluding carboxylic acids is 1. The largest absolute Gasteiger partial charge is 0.368 e. The van der Waals surface area contributed by atoms with E-state index in [9.17, 15) is 4.79 Å². The number of aromatic nitrogens is 1. The molecule has 1 atom stereocenters. The third-order valence-electron chi connectivity index (χ3n) is 4.07. The van der Waals surface area contributed by atoms with Crippen LogP contribution in [0.5, 0.6) is 0 Å². The summed E-state index contributed by atoms with van der Waals surface area (Å²) in [7, 11) is 0. The van der Waals surface area contributed by atoms with Crippen LogP contribution in [0.3, 0.4) is 0 Å². The predicted octanol–water partition coefficient (Wildman–Crippen LogP) is 3.51. The van der Waals surface area contributed by atoms with E-state index in [1.54, 1.807) is 16.8 Å². The molecule has 0 saturated carbocycles. The summed E-state index contributed by atoms with van der Waals surface area (Å²) >= 11 is 7.85. The van der Waals surface area contributed by atoms with Gasteiger partial charge in [0.15, 0.2) is 0 Å². The third kappa shape index (κ3) is 4.45. The van der Waals surface area contributed by atoms with Crippen molar-refractivity contribution < 1.29 is 4.79 Å². The summed E-state index contributed by atoms with van der Waals surface area (Å²) in [6.45, 7) is 1.79. The van der Waals surface area contributed by atoms with E-state index in [0.29, 0.717) is 12.8 Å². The Morgan fingerprint density at radius 1 is 1.43 bits per heavy atom. The van der Waals surface area contributed by atoms with Crippen LogP contribution in [0.25, 0.3) is 0 Å². The molecule has 1 fully saturated rings. The molecule has 1 amide bonds. The SMILES string of the molecule is O=C(CCc1cscn1)N[C@H]1CCCN(c2ccccc2Cl)C1. The maximum absolute atomic E-state index is 12.1. The Morgan fingerprint density at radius 2 is 2.30 bits per heavy atom. The van der Waals surface area contributed by atoms with Crippen molar-refractivity contribution in [2.24, 2.45) is 0 Å². The number of thiazole rings is 1. The Bertz CT molecular complexity index is 647. The molecule has 2 aromatic rings. The number of para-hydroxylation sites is 1. The van der Waals surface area contributed by atoms with Crippen LogP contribution in [0.2, 0.25) is 5.02 Å². The molecule has 0 aliphatic carbocycles. The Balaban J connectivity index is 1.52. The topological polar surface area (TPSA) is 45.2 Å².